The Kier molecular flexibility index (Phi) is 4.08. The van der Waals surface area contributed by atoms with Gasteiger partial charge in [0.1, 0.15) is 5.00 Å². The van der Waals surface area contributed by atoms with E-state index < -0.39 is 17.5 Å². The Morgan fingerprint density at radius 3 is 2.61 bits per heavy atom. The molecule has 0 spiro atoms. The lowest BCUT2D eigenvalue weighted by Gasteiger charge is -2.38. The predicted octanol–water partition coefficient (Wildman–Crippen LogP) is 2.44. The first-order chi connectivity index (χ1) is 10.9. The molecule has 2 aromatic rings. The van der Waals surface area contributed by atoms with Crippen LogP contribution in [0.5, 0.6) is 0 Å². The summed E-state index contributed by atoms with van der Waals surface area (Å²) < 4.78 is 30.1. The number of aromatic nitrogens is 1. The summed E-state index contributed by atoms with van der Waals surface area (Å²) in [6.07, 6.45) is 0. The molecular weight excluding hydrogens is 324 g/mol. The SMILES string of the molecule is Cc1cc(NC(=O)C2CN(C(=O)c3ccc(F)c(F)c3)C2)sn1. The lowest BCUT2D eigenvalue weighted by molar-refractivity contribution is -0.123. The number of nitrogens with one attached hydrogen (secondary N) is 1. The standard InChI is InChI=1S/C15H13F2N3O2S/c1-8-4-13(23-19-8)18-14(21)10-6-20(7-10)15(22)9-2-3-11(16)12(17)5-9/h2-5,10H,6-7H2,1H3,(H,18,21). The van der Waals surface area contributed by atoms with Crippen LogP contribution < -0.4 is 5.32 Å². The van der Waals surface area contributed by atoms with Gasteiger partial charge in [-0.2, -0.15) is 4.37 Å². The highest BCUT2D eigenvalue weighted by Crippen LogP contribution is 2.23. The summed E-state index contributed by atoms with van der Waals surface area (Å²) >= 11 is 1.20. The first-order valence-corrected chi connectivity index (χ1v) is 7.70. The molecule has 0 atom stereocenters. The number of halogens is 2. The third kappa shape index (κ3) is 3.21. The molecule has 0 aliphatic carbocycles. The van der Waals surface area contributed by atoms with E-state index in [9.17, 15) is 18.4 Å². The van der Waals surface area contributed by atoms with Crippen LogP contribution in [0, 0.1) is 24.5 Å². The molecule has 1 aliphatic rings. The van der Waals surface area contributed by atoms with Crippen LogP contribution >= 0.6 is 11.5 Å². The number of rotatable bonds is 3. The lowest BCUT2D eigenvalue weighted by atomic mass is 9.98. The van der Waals surface area contributed by atoms with Crippen molar-refractivity contribution in [3.63, 3.8) is 0 Å². The zero-order valence-corrected chi connectivity index (χ0v) is 13.0. The number of nitrogens with zero attached hydrogens (tertiary/aromatic N) is 2. The Labute approximate surface area is 135 Å². The summed E-state index contributed by atoms with van der Waals surface area (Å²) in [6, 6.07) is 4.78. The summed E-state index contributed by atoms with van der Waals surface area (Å²) in [6.45, 7) is 2.33. The van der Waals surface area contributed by atoms with Crippen LogP contribution in [0.2, 0.25) is 0 Å². The Balaban J connectivity index is 1.56. The van der Waals surface area contributed by atoms with Crippen molar-refractivity contribution in [2.45, 2.75) is 6.92 Å². The highest BCUT2D eigenvalue weighted by molar-refractivity contribution is 7.10. The fraction of sp³-hybridized carbons (Fsp3) is 0.267. The van der Waals surface area contributed by atoms with Gasteiger partial charge in [0.05, 0.1) is 11.6 Å². The predicted molar refractivity (Wildman–Crippen MR) is 81.2 cm³/mol. The van der Waals surface area contributed by atoms with Crippen molar-refractivity contribution in [3.05, 3.63) is 47.2 Å². The minimum Gasteiger partial charge on any atom is -0.337 e. The van der Waals surface area contributed by atoms with Gasteiger partial charge >= 0.3 is 0 Å². The van der Waals surface area contributed by atoms with Gasteiger partial charge in [-0.1, -0.05) is 0 Å². The molecule has 1 fully saturated rings. The molecule has 0 bridgehead atoms. The van der Waals surface area contributed by atoms with Crippen molar-refractivity contribution in [3.8, 4) is 0 Å². The maximum atomic E-state index is 13.2. The number of aryl methyl sites for hydroxylation is 1. The van der Waals surface area contributed by atoms with Crippen molar-refractivity contribution in [2.24, 2.45) is 5.92 Å². The van der Waals surface area contributed by atoms with Crippen LogP contribution in [-0.4, -0.2) is 34.2 Å². The minimum atomic E-state index is -1.06. The van der Waals surface area contributed by atoms with E-state index in [-0.39, 0.29) is 30.5 Å². The maximum Gasteiger partial charge on any atom is 0.254 e. The first kappa shape index (κ1) is 15.5. The third-order valence-corrected chi connectivity index (χ3v) is 4.38. The molecule has 5 nitrogen and oxygen atoms in total. The van der Waals surface area contributed by atoms with Crippen LogP contribution in [0.3, 0.4) is 0 Å². The van der Waals surface area contributed by atoms with Gasteiger partial charge in [-0.3, -0.25) is 9.59 Å². The van der Waals surface area contributed by atoms with Gasteiger partial charge in [0.2, 0.25) is 5.91 Å². The number of benzene rings is 1. The highest BCUT2D eigenvalue weighted by Gasteiger charge is 2.36. The molecule has 0 radical (unpaired) electrons. The van der Waals surface area contributed by atoms with Gasteiger partial charge < -0.3 is 10.2 Å². The zero-order valence-electron chi connectivity index (χ0n) is 12.2. The topological polar surface area (TPSA) is 62.3 Å². The quantitative estimate of drug-likeness (QED) is 0.936. The second kappa shape index (κ2) is 6.04. The fourth-order valence-corrected chi connectivity index (χ4v) is 2.93. The number of likely N-dealkylation sites (tertiary alicyclic amines) is 1. The molecule has 2 amide bonds. The number of hydrogen-bond donors (Lipinski definition) is 1. The van der Waals surface area contributed by atoms with Crippen LogP contribution in [0.4, 0.5) is 13.8 Å². The number of carbonyl (C=O) groups is 2. The van der Waals surface area contributed by atoms with E-state index in [0.29, 0.717) is 5.00 Å². The second-order valence-corrected chi connectivity index (χ2v) is 6.16. The third-order valence-electron chi connectivity index (χ3n) is 3.58. The second-order valence-electron chi connectivity index (χ2n) is 5.36. The first-order valence-electron chi connectivity index (χ1n) is 6.92. The van der Waals surface area contributed by atoms with E-state index in [4.69, 9.17) is 0 Å². The molecule has 8 heteroatoms. The minimum absolute atomic E-state index is 0.0702. The van der Waals surface area contributed by atoms with Gasteiger partial charge in [0.25, 0.3) is 5.91 Å². The summed E-state index contributed by atoms with van der Waals surface area (Å²) in [5.41, 5.74) is 0.898. The normalized spacial score (nSPS) is 14.5. The van der Waals surface area contributed by atoms with E-state index in [0.717, 1.165) is 17.8 Å². The lowest BCUT2D eigenvalue weighted by Crippen LogP contribution is -2.54. The number of carbonyl (C=O) groups excluding carboxylic acids is 2. The molecule has 0 unspecified atom stereocenters. The van der Waals surface area contributed by atoms with Gasteiger partial charge in [0.15, 0.2) is 11.6 Å². The van der Waals surface area contributed by atoms with E-state index in [1.54, 1.807) is 6.07 Å². The Bertz CT molecular complexity index is 772. The number of amides is 2. The van der Waals surface area contributed by atoms with Crippen molar-refractivity contribution in [2.75, 3.05) is 18.4 Å². The fourth-order valence-electron chi connectivity index (χ4n) is 2.27. The number of anilines is 1. The van der Waals surface area contributed by atoms with Crippen LogP contribution in [0.1, 0.15) is 16.1 Å². The molecule has 120 valence electrons. The molecule has 1 aromatic carbocycles. The smallest absolute Gasteiger partial charge is 0.254 e. The van der Waals surface area contributed by atoms with E-state index >= 15 is 0 Å². The van der Waals surface area contributed by atoms with Crippen LogP contribution in [-0.2, 0) is 4.79 Å². The van der Waals surface area contributed by atoms with Gasteiger partial charge in [-0.15, -0.1) is 0 Å². The average molecular weight is 337 g/mol. The molecule has 1 saturated heterocycles. The molecule has 3 rings (SSSR count). The zero-order chi connectivity index (χ0) is 16.6. The molecule has 1 aliphatic heterocycles. The Morgan fingerprint density at radius 2 is 2.00 bits per heavy atom. The van der Waals surface area contributed by atoms with Crippen LogP contribution in [0.25, 0.3) is 0 Å². The largest absolute Gasteiger partial charge is 0.337 e. The number of hydrogen-bond acceptors (Lipinski definition) is 4. The van der Waals surface area contributed by atoms with Crippen molar-refractivity contribution < 1.29 is 18.4 Å². The maximum absolute atomic E-state index is 13.2. The average Bonchev–Trinajstić information content (AvgIpc) is 2.85. The summed E-state index contributed by atoms with van der Waals surface area (Å²) in [7, 11) is 0. The van der Waals surface area contributed by atoms with Gasteiger partial charge in [-0.05, 0) is 42.7 Å². The molecule has 2 heterocycles. The Morgan fingerprint density at radius 1 is 1.26 bits per heavy atom. The van der Waals surface area contributed by atoms with Gasteiger partial charge in [0, 0.05) is 18.7 Å². The monoisotopic (exact) mass is 337 g/mol. The molecular formula is C15H13F2N3O2S. The molecule has 0 saturated carbocycles. The summed E-state index contributed by atoms with van der Waals surface area (Å²) in [4.78, 5) is 25.6. The van der Waals surface area contributed by atoms with E-state index in [1.165, 1.54) is 22.5 Å². The van der Waals surface area contributed by atoms with Crippen molar-refractivity contribution in [1.82, 2.24) is 9.27 Å². The van der Waals surface area contributed by atoms with Crippen molar-refractivity contribution in [1.29, 1.82) is 0 Å². The summed E-state index contributed by atoms with van der Waals surface area (Å²) in [5, 5.41) is 3.41. The molecule has 1 N–H and O–H groups in total. The highest BCUT2D eigenvalue weighted by atomic mass is 32.1. The molecule has 23 heavy (non-hydrogen) atoms. The Hall–Kier alpha value is -2.35. The summed E-state index contributed by atoms with van der Waals surface area (Å²) in [5.74, 6) is -2.97. The van der Waals surface area contributed by atoms with E-state index in [1.807, 2.05) is 6.92 Å². The van der Waals surface area contributed by atoms with Crippen LogP contribution in [0.15, 0.2) is 24.3 Å². The van der Waals surface area contributed by atoms with E-state index in [2.05, 4.69) is 9.69 Å². The van der Waals surface area contributed by atoms with Crippen molar-refractivity contribution >= 4 is 28.3 Å². The van der Waals surface area contributed by atoms with Gasteiger partial charge in [-0.25, -0.2) is 8.78 Å². The molecule has 1 aromatic heterocycles.